The first-order chi connectivity index (χ1) is 8.73. The highest BCUT2D eigenvalue weighted by atomic mass is 16.6. The molecule has 0 radical (unpaired) electrons. The van der Waals surface area contributed by atoms with Gasteiger partial charge in [-0.1, -0.05) is 7.43 Å². The van der Waals surface area contributed by atoms with Gasteiger partial charge in [0.1, 0.15) is 11.4 Å². The predicted octanol–water partition coefficient (Wildman–Crippen LogP) is 3.29. The maximum absolute atomic E-state index is 11.6. The molecule has 0 saturated heterocycles. The molecule has 0 aromatic carbocycles. The monoisotopic (exact) mass is 285 g/mol. The lowest BCUT2D eigenvalue weighted by atomic mass is 10.2. The zero-order valence-corrected chi connectivity index (χ0v) is 11.8. The number of carbonyl (C=O) groups is 2. The van der Waals surface area contributed by atoms with Gasteiger partial charge < -0.3 is 19.2 Å². The fourth-order valence-electron chi connectivity index (χ4n) is 1.35. The molecular weight excluding hydrogens is 262 g/mol. The lowest BCUT2D eigenvalue weighted by Gasteiger charge is -2.21. The summed E-state index contributed by atoms with van der Waals surface area (Å²) in [6.45, 7) is 7.06. The third-order valence-corrected chi connectivity index (χ3v) is 2.17. The van der Waals surface area contributed by atoms with Gasteiger partial charge in [0, 0.05) is 0 Å². The summed E-state index contributed by atoms with van der Waals surface area (Å²) < 4.78 is 14.9. The number of alkyl carbamates (subject to hydrolysis) is 1. The molecule has 1 amide bonds. The van der Waals surface area contributed by atoms with Gasteiger partial charge in [-0.3, -0.25) is 0 Å². The third-order valence-electron chi connectivity index (χ3n) is 2.17. The maximum Gasteiger partial charge on any atom is 0.408 e. The molecule has 1 N–H and O–H groups in total. The second-order valence-corrected chi connectivity index (χ2v) is 5.06. The van der Waals surface area contributed by atoms with Crippen LogP contribution in [0, 0.1) is 0 Å². The number of furan rings is 1. The number of nitrogens with one attached hydrogen (secondary N) is 1. The van der Waals surface area contributed by atoms with E-state index in [-0.39, 0.29) is 13.2 Å². The Hall–Kier alpha value is -1.98. The summed E-state index contributed by atoms with van der Waals surface area (Å²) >= 11 is 0. The van der Waals surface area contributed by atoms with E-state index in [2.05, 4.69) is 10.1 Å². The molecule has 0 spiro atoms. The van der Waals surface area contributed by atoms with E-state index in [0.717, 1.165) is 0 Å². The van der Waals surface area contributed by atoms with Crippen LogP contribution in [0.4, 0.5) is 4.79 Å². The van der Waals surface area contributed by atoms with Crippen molar-refractivity contribution in [2.75, 3.05) is 7.11 Å². The van der Waals surface area contributed by atoms with Crippen LogP contribution < -0.4 is 5.32 Å². The summed E-state index contributed by atoms with van der Waals surface area (Å²) in [6.07, 6.45) is -0.545. The van der Waals surface area contributed by atoms with Crippen LogP contribution >= 0.6 is 0 Å². The fourth-order valence-corrected chi connectivity index (χ4v) is 1.35. The molecule has 0 fully saturated rings. The number of hydrogen-bond donors (Lipinski definition) is 1. The minimum atomic E-state index is -0.565. The summed E-state index contributed by atoms with van der Waals surface area (Å²) in [7, 11) is 1.27. The standard InChI is InChI=1S/C13H19NO5.CH4/c1-8(14-12(16)19-13(2,3)4)9-6-7-10(18-9)11(15)17-5;/h6-8H,1-5H3,(H,14,16);1H4/t8-;/m1./s1. The van der Waals surface area contributed by atoms with Crippen LogP contribution in [0.25, 0.3) is 0 Å². The smallest absolute Gasteiger partial charge is 0.408 e. The number of amides is 1. The fraction of sp³-hybridized carbons (Fsp3) is 0.571. The zero-order chi connectivity index (χ0) is 14.6. The molecule has 6 nitrogen and oxygen atoms in total. The lowest BCUT2D eigenvalue weighted by Crippen LogP contribution is -2.33. The molecule has 0 aliphatic carbocycles. The zero-order valence-electron chi connectivity index (χ0n) is 11.8. The molecule has 0 bridgehead atoms. The normalized spacial score (nSPS) is 12.1. The molecule has 1 atom stereocenters. The SMILES string of the molecule is C.COC(=O)c1ccc([C@@H](C)NC(=O)OC(C)(C)C)o1. The van der Waals surface area contributed by atoms with Gasteiger partial charge in [-0.25, -0.2) is 9.59 Å². The minimum Gasteiger partial charge on any atom is -0.463 e. The Bertz CT molecular complexity index is 458. The number of carbonyl (C=O) groups excluding carboxylic acids is 2. The van der Waals surface area contributed by atoms with E-state index in [9.17, 15) is 9.59 Å². The molecule has 6 heteroatoms. The number of methoxy groups -OCH3 is 1. The molecule has 1 rings (SSSR count). The summed E-state index contributed by atoms with van der Waals surface area (Å²) in [5.41, 5.74) is -0.565. The van der Waals surface area contributed by atoms with Crippen LogP contribution in [0.15, 0.2) is 16.5 Å². The van der Waals surface area contributed by atoms with Crippen LogP contribution in [0.3, 0.4) is 0 Å². The Kier molecular flexibility index (Phi) is 6.29. The van der Waals surface area contributed by atoms with Crippen molar-refractivity contribution in [1.29, 1.82) is 0 Å². The van der Waals surface area contributed by atoms with E-state index in [1.54, 1.807) is 33.8 Å². The van der Waals surface area contributed by atoms with Crippen LogP contribution in [0.1, 0.15) is 57.5 Å². The lowest BCUT2D eigenvalue weighted by molar-refractivity contribution is 0.0501. The van der Waals surface area contributed by atoms with Crippen molar-refractivity contribution in [3.05, 3.63) is 23.7 Å². The van der Waals surface area contributed by atoms with Gasteiger partial charge in [0.2, 0.25) is 5.76 Å². The Morgan fingerprint density at radius 1 is 1.30 bits per heavy atom. The van der Waals surface area contributed by atoms with Crippen LogP contribution in [0.5, 0.6) is 0 Å². The first-order valence-electron chi connectivity index (χ1n) is 5.90. The van der Waals surface area contributed by atoms with E-state index in [4.69, 9.17) is 9.15 Å². The largest absolute Gasteiger partial charge is 0.463 e. The van der Waals surface area contributed by atoms with Crippen LogP contribution in [-0.2, 0) is 9.47 Å². The summed E-state index contributed by atoms with van der Waals surface area (Å²) in [5.74, 6) is -0.0164. The quantitative estimate of drug-likeness (QED) is 0.862. The van der Waals surface area contributed by atoms with Gasteiger partial charge in [0.25, 0.3) is 0 Å². The first kappa shape index (κ1) is 18.0. The summed E-state index contributed by atoms with van der Waals surface area (Å²) in [6, 6.07) is 2.69. The van der Waals surface area contributed by atoms with Crippen molar-refractivity contribution in [2.45, 2.75) is 46.8 Å². The first-order valence-corrected chi connectivity index (χ1v) is 5.90. The Morgan fingerprint density at radius 2 is 1.90 bits per heavy atom. The van der Waals surface area contributed by atoms with Gasteiger partial charge >= 0.3 is 12.1 Å². The summed E-state index contributed by atoms with van der Waals surface area (Å²) in [4.78, 5) is 22.8. The van der Waals surface area contributed by atoms with Gasteiger partial charge in [-0.15, -0.1) is 0 Å². The maximum atomic E-state index is 11.6. The Morgan fingerprint density at radius 3 is 2.40 bits per heavy atom. The Labute approximate surface area is 119 Å². The van der Waals surface area contributed by atoms with Crippen LogP contribution in [0.2, 0.25) is 0 Å². The highest BCUT2D eigenvalue weighted by molar-refractivity contribution is 5.86. The van der Waals surface area contributed by atoms with Gasteiger partial charge in [0.15, 0.2) is 0 Å². The average Bonchev–Trinajstić information content (AvgIpc) is 2.74. The van der Waals surface area contributed by atoms with Crippen LogP contribution in [-0.4, -0.2) is 24.8 Å². The van der Waals surface area contributed by atoms with Crippen molar-refractivity contribution in [1.82, 2.24) is 5.32 Å². The molecule has 114 valence electrons. The van der Waals surface area contributed by atoms with E-state index >= 15 is 0 Å². The van der Waals surface area contributed by atoms with Crippen molar-refractivity contribution in [3.8, 4) is 0 Å². The van der Waals surface area contributed by atoms with Crippen molar-refractivity contribution < 1.29 is 23.5 Å². The molecule has 20 heavy (non-hydrogen) atoms. The van der Waals surface area contributed by atoms with E-state index in [0.29, 0.717) is 5.76 Å². The number of esters is 1. The summed E-state index contributed by atoms with van der Waals surface area (Å²) in [5, 5.41) is 2.62. The highest BCUT2D eigenvalue weighted by Gasteiger charge is 2.20. The molecule has 1 aromatic rings. The third kappa shape index (κ3) is 5.34. The average molecular weight is 285 g/mol. The molecule has 0 aliphatic heterocycles. The van der Waals surface area contributed by atoms with Crippen molar-refractivity contribution >= 4 is 12.1 Å². The molecule has 0 aliphatic rings. The number of ether oxygens (including phenoxy) is 2. The molecule has 0 unspecified atom stereocenters. The van der Waals surface area contributed by atoms with E-state index in [1.807, 2.05) is 0 Å². The Balaban J connectivity index is 0.00000361. The van der Waals surface area contributed by atoms with Crippen molar-refractivity contribution in [3.63, 3.8) is 0 Å². The minimum absolute atomic E-state index is 0. The predicted molar refractivity (Wildman–Crippen MR) is 74.6 cm³/mol. The van der Waals surface area contributed by atoms with E-state index in [1.165, 1.54) is 13.2 Å². The number of hydrogen-bond acceptors (Lipinski definition) is 5. The number of rotatable bonds is 3. The van der Waals surface area contributed by atoms with Gasteiger partial charge in [0.05, 0.1) is 13.2 Å². The molecule has 1 heterocycles. The second-order valence-electron chi connectivity index (χ2n) is 5.06. The molecular formula is C14H23NO5. The van der Waals surface area contributed by atoms with Gasteiger partial charge in [-0.2, -0.15) is 0 Å². The van der Waals surface area contributed by atoms with E-state index < -0.39 is 23.7 Å². The topological polar surface area (TPSA) is 77.8 Å². The second kappa shape index (κ2) is 6.98. The molecule has 0 saturated carbocycles. The molecule has 1 aromatic heterocycles. The van der Waals surface area contributed by atoms with Crippen molar-refractivity contribution in [2.24, 2.45) is 0 Å². The highest BCUT2D eigenvalue weighted by Crippen LogP contribution is 2.17. The van der Waals surface area contributed by atoms with Gasteiger partial charge in [-0.05, 0) is 39.8 Å².